The van der Waals surface area contributed by atoms with Crippen LogP contribution in [-0.4, -0.2) is 26.9 Å². The van der Waals surface area contributed by atoms with Crippen LogP contribution in [0.5, 0.6) is 5.75 Å². The molecule has 0 radical (unpaired) electrons. The number of methoxy groups -OCH3 is 1. The van der Waals surface area contributed by atoms with Crippen LogP contribution in [0.15, 0.2) is 30.4 Å². The van der Waals surface area contributed by atoms with E-state index in [0.717, 1.165) is 25.4 Å². The van der Waals surface area contributed by atoms with Crippen molar-refractivity contribution in [2.24, 2.45) is 0 Å². The van der Waals surface area contributed by atoms with Crippen molar-refractivity contribution >= 4 is 0 Å². The molecule has 0 atom stereocenters. The molecule has 0 aliphatic carbocycles. The fourth-order valence-electron chi connectivity index (χ4n) is 1.62. The molecule has 1 aromatic carbocycles. The molecule has 0 spiro atoms. The van der Waals surface area contributed by atoms with Gasteiger partial charge in [-0.1, -0.05) is 29.8 Å². The van der Waals surface area contributed by atoms with Gasteiger partial charge in [0.05, 0.1) is 6.61 Å². The molecule has 100 valence electrons. The zero-order valence-corrected chi connectivity index (χ0v) is 11.5. The number of allylic oxidation sites excluding steroid dienone is 1. The molecule has 0 unspecified atom stereocenters. The normalized spacial score (nSPS) is 11.1. The summed E-state index contributed by atoms with van der Waals surface area (Å²) < 4.78 is 10.7. The maximum absolute atomic E-state index is 5.73. The number of rotatable bonds is 8. The summed E-state index contributed by atoms with van der Waals surface area (Å²) in [5.41, 5.74) is 2.44. The Balaban J connectivity index is 2.58. The van der Waals surface area contributed by atoms with Gasteiger partial charge in [-0.05, 0) is 19.9 Å². The third-order valence-electron chi connectivity index (χ3n) is 2.59. The summed E-state index contributed by atoms with van der Waals surface area (Å²) in [5.74, 6) is 0.948. The van der Waals surface area contributed by atoms with Gasteiger partial charge in [0.1, 0.15) is 12.4 Å². The first-order valence-electron chi connectivity index (χ1n) is 6.31. The van der Waals surface area contributed by atoms with Gasteiger partial charge in [-0.25, -0.2) is 0 Å². The van der Waals surface area contributed by atoms with Crippen molar-refractivity contribution in [2.45, 2.75) is 20.4 Å². The zero-order valence-electron chi connectivity index (χ0n) is 11.5. The Bertz CT molecular complexity index is 375. The number of hydrogen-bond donors (Lipinski definition) is 1. The van der Waals surface area contributed by atoms with Gasteiger partial charge >= 0.3 is 0 Å². The molecule has 0 amide bonds. The van der Waals surface area contributed by atoms with E-state index in [4.69, 9.17) is 9.47 Å². The Morgan fingerprint density at radius 2 is 2.17 bits per heavy atom. The first-order valence-corrected chi connectivity index (χ1v) is 6.31. The smallest absolute Gasteiger partial charge is 0.124 e. The van der Waals surface area contributed by atoms with Crippen molar-refractivity contribution in [2.75, 3.05) is 26.9 Å². The average Bonchev–Trinajstić information content (AvgIpc) is 2.37. The van der Waals surface area contributed by atoms with Crippen LogP contribution in [-0.2, 0) is 11.3 Å². The highest BCUT2D eigenvalue weighted by Gasteiger charge is 2.03. The lowest BCUT2D eigenvalue weighted by Gasteiger charge is -2.12. The second kappa shape index (κ2) is 8.72. The van der Waals surface area contributed by atoms with Crippen molar-refractivity contribution in [1.82, 2.24) is 5.32 Å². The van der Waals surface area contributed by atoms with Gasteiger partial charge in [-0.3, -0.25) is 0 Å². The third kappa shape index (κ3) is 5.34. The Hall–Kier alpha value is -1.32. The molecule has 0 aliphatic heterocycles. The van der Waals surface area contributed by atoms with E-state index in [1.165, 1.54) is 11.1 Å². The summed E-state index contributed by atoms with van der Waals surface area (Å²) in [5, 5.41) is 3.34. The van der Waals surface area contributed by atoms with Crippen molar-refractivity contribution in [1.29, 1.82) is 0 Å². The van der Waals surface area contributed by atoms with Crippen molar-refractivity contribution < 1.29 is 9.47 Å². The Labute approximate surface area is 110 Å². The highest BCUT2D eigenvalue weighted by molar-refractivity contribution is 5.37. The molecule has 1 aromatic rings. The quantitative estimate of drug-likeness (QED) is 0.567. The van der Waals surface area contributed by atoms with E-state index in [-0.39, 0.29) is 0 Å². The summed E-state index contributed by atoms with van der Waals surface area (Å²) in [6, 6.07) is 6.26. The van der Waals surface area contributed by atoms with E-state index in [9.17, 15) is 0 Å². The standard InChI is InChI=1S/C15H23NO2/c1-4-5-9-18-15-7-6-13(2)11-14(15)12-16-8-10-17-3/h4-7,11,16H,8-10,12H2,1-3H3. The fraction of sp³-hybridized carbons (Fsp3) is 0.467. The molecule has 0 heterocycles. The molecule has 0 bridgehead atoms. The third-order valence-corrected chi connectivity index (χ3v) is 2.59. The van der Waals surface area contributed by atoms with Crippen LogP contribution in [0.2, 0.25) is 0 Å². The summed E-state index contributed by atoms with van der Waals surface area (Å²) in [4.78, 5) is 0. The van der Waals surface area contributed by atoms with Crippen LogP contribution in [0.1, 0.15) is 18.1 Å². The molecule has 18 heavy (non-hydrogen) atoms. The van der Waals surface area contributed by atoms with E-state index in [0.29, 0.717) is 6.61 Å². The first kappa shape index (κ1) is 14.7. The lowest BCUT2D eigenvalue weighted by atomic mass is 10.1. The van der Waals surface area contributed by atoms with Gasteiger partial charge in [0.25, 0.3) is 0 Å². The SMILES string of the molecule is CC=CCOc1ccc(C)cc1CNCCOC. The Kier molecular flexibility index (Phi) is 7.14. The van der Waals surface area contributed by atoms with Gasteiger partial charge in [0, 0.05) is 25.8 Å². The first-order chi connectivity index (χ1) is 8.77. The zero-order chi connectivity index (χ0) is 13.2. The summed E-state index contributed by atoms with van der Waals surface area (Å²) in [6.07, 6.45) is 3.99. The van der Waals surface area contributed by atoms with E-state index in [2.05, 4.69) is 24.4 Å². The van der Waals surface area contributed by atoms with Crippen LogP contribution in [0.25, 0.3) is 0 Å². The monoisotopic (exact) mass is 249 g/mol. The number of benzene rings is 1. The maximum Gasteiger partial charge on any atom is 0.124 e. The number of ether oxygens (including phenoxy) is 2. The maximum atomic E-state index is 5.73. The molecule has 3 nitrogen and oxygen atoms in total. The number of nitrogens with one attached hydrogen (secondary N) is 1. The number of hydrogen-bond acceptors (Lipinski definition) is 3. The Morgan fingerprint density at radius 3 is 2.89 bits per heavy atom. The van der Waals surface area contributed by atoms with E-state index >= 15 is 0 Å². The highest BCUT2D eigenvalue weighted by atomic mass is 16.5. The molecule has 0 saturated heterocycles. The van der Waals surface area contributed by atoms with Crippen LogP contribution >= 0.6 is 0 Å². The average molecular weight is 249 g/mol. The Morgan fingerprint density at radius 1 is 1.33 bits per heavy atom. The molecular weight excluding hydrogens is 226 g/mol. The largest absolute Gasteiger partial charge is 0.489 e. The lowest BCUT2D eigenvalue weighted by Crippen LogP contribution is -2.19. The lowest BCUT2D eigenvalue weighted by molar-refractivity contribution is 0.199. The molecule has 0 aliphatic rings. The molecule has 0 aromatic heterocycles. The van der Waals surface area contributed by atoms with E-state index in [1.807, 2.05) is 25.1 Å². The minimum absolute atomic E-state index is 0.616. The number of aryl methyl sites for hydroxylation is 1. The molecular formula is C15H23NO2. The van der Waals surface area contributed by atoms with Crippen LogP contribution in [0.4, 0.5) is 0 Å². The molecule has 0 saturated carbocycles. The summed E-state index contributed by atoms with van der Waals surface area (Å²) in [6.45, 7) is 7.07. The van der Waals surface area contributed by atoms with Gasteiger partial charge < -0.3 is 14.8 Å². The van der Waals surface area contributed by atoms with Gasteiger partial charge in [-0.2, -0.15) is 0 Å². The minimum atomic E-state index is 0.616. The van der Waals surface area contributed by atoms with Crippen molar-refractivity contribution in [3.8, 4) is 5.75 Å². The van der Waals surface area contributed by atoms with Gasteiger partial charge in [0.15, 0.2) is 0 Å². The van der Waals surface area contributed by atoms with Crippen LogP contribution < -0.4 is 10.1 Å². The summed E-state index contributed by atoms with van der Waals surface area (Å²) in [7, 11) is 1.71. The molecule has 1 rings (SSSR count). The molecule has 3 heteroatoms. The van der Waals surface area contributed by atoms with Gasteiger partial charge in [-0.15, -0.1) is 0 Å². The highest BCUT2D eigenvalue weighted by Crippen LogP contribution is 2.19. The van der Waals surface area contributed by atoms with E-state index in [1.54, 1.807) is 7.11 Å². The van der Waals surface area contributed by atoms with Crippen molar-refractivity contribution in [3.05, 3.63) is 41.5 Å². The summed E-state index contributed by atoms with van der Waals surface area (Å²) >= 11 is 0. The van der Waals surface area contributed by atoms with Gasteiger partial charge in [0.2, 0.25) is 0 Å². The van der Waals surface area contributed by atoms with Crippen LogP contribution in [0.3, 0.4) is 0 Å². The molecule has 0 fully saturated rings. The molecule has 1 N–H and O–H groups in total. The predicted molar refractivity (Wildman–Crippen MR) is 75.1 cm³/mol. The minimum Gasteiger partial charge on any atom is -0.489 e. The topological polar surface area (TPSA) is 30.5 Å². The van der Waals surface area contributed by atoms with Crippen LogP contribution in [0, 0.1) is 6.92 Å². The van der Waals surface area contributed by atoms with Crippen molar-refractivity contribution in [3.63, 3.8) is 0 Å². The van der Waals surface area contributed by atoms with E-state index < -0.39 is 0 Å². The fourth-order valence-corrected chi connectivity index (χ4v) is 1.62. The second-order valence-corrected chi connectivity index (χ2v) is 4.16. The second-order valence-electron chi connectivity index (χ2n) is 4.16. The predicted octanol–water partition coefficient (Wildman–Crippen LogP) is 2.69.